The van der Waals surface area contributed by atoms with Crippen LogP contribution in [0.2, 0.25) is 0 Å². The van der Waals surface area contributed by atoms with Crippen LogP contribution in [0.3, 0.4) is 0 Å². The van der Waals surface area contributed by atoms with Crippen molar-refractivity contribution in [3.05, 3.63) is 24.1 Å². The second-order valence-corrected chi connectivity index (χ2v) is 1.31. The maximum absolute atomic E-state index is 4.82. The summed E-state index contributed by atoms with van der Waals surface area (Å²) in [5.74, 6) is 0.722. The zero-order valence-corrected chi connectivity index (χ0v) is 4.59. The standard InChI is InChI=1S/C6H6NO/c1-8-6-2-4-7-5-3-6/h2,4-5H,1H3/q+1. The van der Waals surface area contributed by atoms with Crippen molar-refractivity contribution in [2.24, 2.45) is 4.99 Å². The lowest BCUT2D eigenvalue weighted by Crippen LogP contribution is -1.85. The van der Waals surface area contributed by atoms with Crippen LogP contribution < -0.4 is 0 Å². The van der Waals surface area contributed by atoms with Crippen molar-refractivity contribution in [3.63, 3.8) is 0 Å². The fraction of sp³-hybridized carbons (Fsp3) is 0.167. The van der Waals surface area contributed by atoms with Crippen molar-refractivity contribution >= 4 is 6.21 Å². The van der Waals surface area contributed by atoms with Gasteiger partial charge in [0.15, 0.2) is 12.3 Å². The molecule has 0 amide bonds. The minimum absolute atomic E-state index is 0.722. The first-order chi connectivity index (χ1) is 3.93. The molecular formula is C6H6NO+. The third-order valence-corrected chi connectivity index (χ3v) is 0.813. The molecule has 0 aromatic carbocycles. The van der Waals surface area contributed by atoms with Gasteiger partial charge >= 0.3 is 5.76 Å². The van der Waals surface area contributed by atoms with Crippen molar-refractivity contribution in [1.29, 1.82) is 0 Å². The van der Waals surface area contributed by atoms with Crippen LogP contribution in [0, 0.1) is 6.08 Å². The molecule has 2 heteroatoms. The van der Waals surface area contributed by atoms with Crippen molar-refractivity contribution in [1.82, 2.24) is 0 Å². The Morgan fingerprint density at radius 2 is 2.62 bits per heavy atom. The van der Waals surface area contributed by atoms with Gasteiger partial charge in [0.25, 0.3) is 0 Å². The van der Waals surface area contributed by atoms with E-state index in [-0.39, 0.29) is 0 Å². The molecule has 8 heavy (non-hydrogen) atoms. The quantitative estimate of drug-likeness (QED) is 0.457. The number of hydrogen-bond donors (Lipinski definition) is 0. The molecule has 0 aromatic rings. The Bertz CT molecular complexity index is 156. The van der Waals surface area contributed by atoms with Crippen LogP contribution in [-0.4, -0.2) is 13.3 Å². The van der Waals surface area contributed by atoms with Crippen LogP contribution in [0.5, 0.6) is 0 Å². The van der Waals surface area contributed by atoms with Crippen molar-refractivity contribution in [2.75, 3.05) is 7.11 Å². The van der Waals surface area contributed by atoms with E-state index in [0.29, 0.717) is 0 Å². The molecule has 0 aromatic heterocycles. The number of allylic oxidation sites excluding steroid dienone is 2. The summed E-state index contributed by atoms with van der Waals surface area (Å²) in [5, 5.41) is 0. The zero-order valence-electron chi connectivity index (χ0n) is 4.59. The molecule has 0 saturated heterocycles. The van der Waals surface area contributed by atoms with E-state index < -0.39 is 0 Å². The summed E-state index contributed by atoms with van der Waals surface area (Å²) >= 11 is 0. The minimum atomic E-state index is 0.722. The van der Waals surface area contributed by atoms with E-state index in [2.05, 4.69) is 11.1 Å². The normalized spacial score (nSPS) is 14.9. The molecule has 1 aliphatic rings. The van der Waals surface area contributed by atoms with E-state index in [1.165, 1.54) is 0 Å². The van der Waals surface area contributed by atoms with Gasteiger partial charge in [-0.25, -0.2) is 4.99 Å². The van der Waals surface area contributed by atoms with Gasteiger partial charge in [0.2, 0.25) is 0 Å². The Morgan fingerprint density at radius 1 is 1.75 bits per heavy atom. The van der Waals surface area contributed by atoms with E-state index in [4.69, 9.17) is 4.74 Å². The Hall–Kier alpha value is -1.14. The second kappa shape index (κ2) is 2.24. The van der Waals surface area contributed by atoms with Crippen LogP contribution in [0.15, 0.2) is 23.0 Å². The summed E-state index contributed by atoms with van der Waals surface area (Å²) in [6.07, 6.45) is 7.77. The first kappa shape index (κ1) is 5.01. The van der Waals surface area contributed by atoms with Crippen LogP contribution >= 0.6 is 0 Å². The minimum Gasteiger partial charge on any atom is -0.458 e. The average molecular weight is 108 g/mol. The Balaban J connectivity index is 2.68. The van der Waals surface area contributed by atoms with Gasteiger partial charge in [-0.2, -0.15) is 0 Å². The maximum atomic E-state index is 4.82. The first-order valence-corrected chi connectivity index (χ1v) is 2.29. The summed E-state index contributed by atoms with van der Waals surface area (Å²) in [6, 6.07) is 0. The highest BCUT2D eigenvalue weighted by molar-refractivity contribution is 5.69. The number of hydrogen-bond acceptors (Lipinski definition) is 2. The fourth-order valence-corrected chi connectivity index (χ4v) is 0.430. The van der Waals surface area contributed by atoms with Gasteiger partial charge in [0, 0.05) is 0 Å². The molecule has 0 N–H and O–H groups in total. The molecular weight excluding hydrogens is 102 g/mol. The summed E-state index contributed by atoms with van der Waals surface area (Å²) in [4.78, 5) is 3.76. The summed E-state index contributed by atoms with van der Waals surface area (Å²) in [5.41, 5.74) is 0. The molecule has 0 unspecified atom stereocenters. The molecule has 0 saturated carbocycles. The van der Waals surface area contributed by atoms with Crippen molar-refractivity contribution < 1.29 is 4.74 Å². The van der Waals surface area contributed by atoms with Crippen molar-refractivity contribution in [3.8, 4) is 0 Å². The number of methoxy groups -OCH3 is 1. The molecule has 1 aliphatic heterocycles. The zero-order chi connectivity index (χ0) is 5.82. The highest BCUT2D eigenvalue weighted by atomic mass is 16.5. The van der Waals surface area contributed by atoms with Gasteiger partial charge in [-0.15, -0.1) is 0 Å². The highest BCUT2D eigenvalue weighted by Gasteiger charge is 2.02. The van der Waals surface area contributed by atoms with E-state index in [1.807, 2.05) is 0 Å². The van der Waals surface area contributed by atoms with Gasteiger partial charge in [0.05, 0.1) is 7.11 Å². The average Bonchev–Trinajstić information content (AvgIpc) is 1.90. The van der Waals surface area contributed by atoms with E-state index in [1.54, 1.807) is 25.6 Å². The molecule has 1 rings (SSSR count). The topological polar surface area (TPSA) is 21.6 Å². The Morgan fingerprint density at radius 3 is 3.00 bits per heavy atom. The lowest BCUT2D eigenvalue weighted by Gasteiger charge is -1.86. The van der Waals surface area contributed by atoms with Crippen LogP contribution in [0.1, 0.15) is 0 Å². The Kier molecular flexibility index (Phi) is 1.40. The lowest BCUT2D eigenvalue weighted by molar-refractivity contribution is 0.305. The Labute approximate surface area is 48.2 Å². The van der Waals surface area contributed by atoms with Crippen molar-refractivity contribution in [2.45, 2.75) is 0 Å². The van der Waals surface area contributed by atoms with Gasteiger partial charge < -0.3 is 4.74 Å². The summed E-state index contributed by atoms with van der Waals surface area (Å²) in [6.45, 7) is 0. The van der Waals surface area contributed by atoms with Gasteiger partial charge in [-0.1, -0.05) is 0 Å². The summed E-state index contributed by atoms with van der Waals surface area (Å²) < 4.78 is 4.82. The largest absolute Gasteiger partial charge is 0.458 e. The number of rotatable bonds is 1. The molecule has 0 spiro atoms. The molecule has 1 heterocycles. The van der Waals surface area contributed by atoms with Gasteiger partial charge in [-0.3, -0.25) is 0 Å². The predicted molar refractivity (Wildman–Crippen MR) is 31.4 cm³/mol. The molecule has 0 fully saturated rings. The molecule has 0 radical (unpaired) electrons. The summed E-state index contributed by atoms with van der Waals surface area (Å²) in [7, 11) is 1.60. The number of nitrogens with zero attached hydrogens (tertiary/aromatic N) is 1. The predicted octanol–water partition coefficient (Wildman–Crippen LogP) is 0.918. The second-order valence-electron chi connectivity index (χ2n) is 1.31. The SMILES string of the molecule is COC1=[C+]C=NC=C1. The van der Waals surface area contributed by atoms with Crippen LogP contribution in [-0.2, 0) is 4.74 Å². The fourth-order valence-electron chi connectivity index (χ4n) is 0.430. The first-order valence-electron chi connectivity index (χ1n) is 2.29. The lowest BCUT2D eigenvalue weighted by atomic mass is 10.4. The molecule has 40 valence electrons. The maximum Gasteiger partial charge on any atom is 0.352 e. The van der Waals surface area contributed by atoms with Gasteiger partial charge in [0.1, 0.15) is 12.3 Å². The third-order valence-electron chi connectivity index (χ3n) is 0.813. The third kappa shape index (κ3) is 0.922. The van der Waals surface area contributed by atoms with Gasteiger partial charge in [-0.05, 0) is 0 Å². The molecule has 2 nitrogen and oxygen atoms in total. The smallest absolute Gasteiger partial charge is 0.352 e. The molecule has 0 atom stereocenters. The monoisotopic (exact) mass is 108 g/mol. The number of ether oxygens (including phenoxy) is 1. The molecule has 0 aliphatic carbocycles. The highest BCUT2D eigenvalue weighted by Crippen LogP contribution is 1.98. The van der Waals surface area contributed by atoms with Crippen LogP contribution in [0.25, 0.3) is 0 Å². The van der Waals surface area contributed by atoms with E-state index >= 15 is 0 Å². The van der Waals surface area contributed by atoms with E-state index in [9.17, 15) is 0 Å². The molecule has 0 bridgehead atoms. The van der Waals surface area contributed by atoms with E-state index in [0.717, 1.165) is 5.76 Å². The van der Waals surface area contributed by atoms with Crippen LogP contribution in [0.4, 0.5) is 0 Å². The number of aliphatic imine (C=N–C) groups is 1.